The number of esters is 1. The van der Waals surface area contributed by atoms with Gasteiger partial charge in [0, 0.05) is 0 Å². The molecule has 1 aromatic carbocycles. The van der Waals surface area contributed by atoms with Crippen molar-refractivity contribution in [1.82, 2.24) is 0 Å². The van der Waals surface area contributed by atoms with Crippen LogP contribution in [-0.4, -0.2) is 19.2 Å². The summed E-state index contributed by atoms with van der Waals surface area (Å²) in [6.07, 6.45) is 0. The second kappa shape index (κ2) is 6.09. The number of hydrogen-bond donors (Lipinski definition) is 0. The van der Waals surface area contributed by atoms with E-state index in [4.69, 9.17) is 9.47 Å². The first kappa shape index (κ1) is 13.3. The van der Waals surface area contributed by atoms with Crippen molar-refractivity contribution in [3.8, 4) is 5.75 Å². The van der Waals surface area contributed by atoms with E-state index < -0.39 is 5.97 Å². The fourth-order valence-electron chi connectivity index (χ4n) is 1.34. The smallest absolute Gasteiger partial charge is 0.336 e. The Balaban J connectivity index is 2.59. The van der Waals surface area contributed by atoms with E-state index in [1.807, 2.05) is 32.0 Å². The number of hydrogen-bond acceptors (Lipinski definition) is 3. The topological polar surface area (TPSA) is 35.5 Å². The highest BCUT2D eigenvalue weighted by Gasteiger charge is 2.09. The first-order chi connectivity index (χ1) is 8.06. The van der Waals surface area contributed by atoms with Crippen molar-refractivity contribution >= 4 is 5.97 Å². The van der Waals surface area contributed by atoms with Gasteiger partial charge >= 0.3 is 5.97 Å². The van der Waals surface area contributed by atoms with Gasteiger partial charge in [0.2, 0.25) is 0 Å². The molecule has 0 aliphatic rings. The number of carbonyl (C=O) groups is 1. The van der Waals surface area contributed by atoms with Gasteiger partial charge < -0.3 is 9.47 Å². The molecule has 92 valence electrons. The SMILES string of the molecule is C=C(COc1cccc(C)c1C)C(=O)OCC. The van der Waals surface area contributed by atoms with Crippen LogP contribution in [0.5, 0.6) is 5.75 Å². The van der Waals surface area contributed by atoms with Gasteiger partial charge in [0.25, 0.3) is 0 Å². The molecule has 0 unspecified atom stereocenters. The van der Waals surface area contributed by atoms with Crippen LogP contribution in [-0.2, 0) is 9.53 Å². The van der Waals surface area contributed by atoms with Gasteiger partial charge in [-0.15, -0.1) is 0 Å². The minimum absolute atomic E-state index is 0.156. The van der Waals surface area contributed by atoms with Crippen molar-refractivity contribution in [2.75, 3.05) is 13.2 Å². The molecule has 0 N–H and O–H groups in total. The zero-order valence-electron chi connectivity index (χ0n) is 10.6. The summed E-state index contributed by atoms with van der Waals surface area (Å²) in [6, 6.07) is 5.81. The highest BCUT2D eigenvalue weighted by molar-refractivity contribution is 5.88. The van der Waals surface area contributed by atoms with Crippen molar-refractivity contribution in [1.29, 1.82) is 0 Å². The zero-order chi connectivity index (χ0) is 12.8. The third-order valence-corrected chi connectivity index (χ3v) is 2.52. The maximum Gasteiger partial charge on any atom is 0.336 e. The fraction of sp³-hybridized carbons (Fsp3) is 0.357. The fourth-order valence-corrected chi connectivity index (χ4v) is 1.34. The van der Waals surface area contributed by atoms with Gasteiger partial charge in [0.05, 0.1) is 12.2 Å². The molecule has 0 spiro atoms. The van der Waals surface area contributed by atoms with E-state index in [2.05, 4.69) is 6.58 Å². The van der Waals surface area contributed by atoms with Crippen LogP contribution in [0.15, 0.2) is 30.4 Å². The lowest BCUT2D eigenvalue weighted by molar-refractivity contribution is -0.138. The van der Waals surface area contributed by atoms with Gasteiger partial charge in [0.15, 0.2) is 0 Å². The van der Waals surface area contributed by atoms with Gasteiger partial charge in [-0.05, 0) is 38.0 Å². The molecular weight excluding hydrogens is 216 g/mol. The van der Waals surface area contributed by atoms with Crippen molar-refractivity contribution in [2.24, 2.45) is 0 Å². The van der Waals surface area contributed by atoms with Crippen LogP contribution < -0.4 is 4.74 Å². The molecule has 1 rings (SSSR count). The molecule has 0 aliphatic carbocycles. The van der Waals surface area contributed by atoms with E-state index in [1.165, 1.54) is 0 Å². The highest BCUT2D eigenvalue weighted by atomic mass is 16.5. The molecule has 0 aliphatic heterocycles. The summed E-state index contributed by atoms with van der Waals surface area (Å²) < 4.78 is 10.4. The first-order valence-corrected chi connectivity index (χ1v) is 5.60. The van der Waals surface area contributed by atoms with Crippen molar-refractivity contribution in [2.45, 2.75) is 20.8 Å². The third-order valence-electron chi connectivity index (χ3n) is 2.52. The third kappa shape index (κ3) is 3.63. The Morgan fingerprint density at radius 1 is 1.35 bits per heavy atom. The van der Waals surface area contributed by atoms with Crippen LogP contribution in [0.4, 0.5) is 0 Å². The molecule has 0 fully saturated rings. The molecule has 3 nitrogen and oxygen atoms in total. The zero-order valence-corrected chi connectivity index (χ0v) is 10.6. The van der Waals surface area contributed by atoms with Crippen molar-refractivity contribution in [3.05, 3.63) is 41.5 Å². The Morgan fingerprint density at radius 2 is 2.06 bits per heavy atom. The molecule has 0 atom stereocenters. The van der Waals surface area contributed by atoms with Crippen LogP contribution in [0.3, 0.4) is 0 Å². The molecule has 0 saturated carbocycles. The Morgan fingerprint density at radius 3 is 2.71 bits per heavy atom. The van der Waals surface area contributed by atoms with E-state index in [9.17, 15) is 4.79 Å². The van der Waals surface area contributed by atoms with Crippen LogP contribution in [0.25, 0.3) is 0 Å². The Kier molecular flexibility index (Phi) is 4.76. The van der Waals surface area contributed by atoms with Gasteiger partial charge in [-0.1, -0.05) is 18.7 Å². The van der Waals surface area contributed by atoms with Crippen LogP contribution in [0.1, 0.15) is 18.1 Å². The number of ether oxygens (including phenoxy) is 2. The lowest BCUT2D eigenvalue weighted by atomic mass is 10.1. The molecule has 17 heavy (non-hydrogen) atoms. The number of benzene rings is 1. The maximum atomic E-state index is 11.3. The lowest BCUT2D eigenvalue weighted by Crippen LogP contribution is -2.13. The molecule has 0 saturated heterocycles. The molecule has 1 aromatic rings. The molecule has 0 aromatic heterocycles. The summed E-state index contributed by atoms with van der Waals surface area (Å²) in [6.45, 7) is 9.91. The monoisotopic (exact) mass is 234 g/mol. The quantitative estimate of drug-likeness (QED) is 0.580. The lowest BCUT2D eigenvalue weighted by Gasteiger charge is -2.11. The molecule has 3 heteroatoms. The summed E-state index contributed by atoms with van der Waals surface area (Å²) in [5.74, 6) is 0.369. The minimum atomic E-state index is -0.405. The molecule has 0 radical (unpaired) electrons. The van der Waals surface area contributed by atoms with E-state index in [0.717, 1.165) is 16.9 Å². The van der Waals surface area contributed by atoms with E-state index >= 15 is 0 Å². The number of rotatable bonds is 5. The second-order valence-corrected chi connectivity index (χ2v) is 3.81. The Hall–Kier alpha value is -1.77. The summed E-state index contributed by atoms with van der Waals surface area (Å²) in [4.78, 5) is 11.3. The highest BCUT2D eigenvalue weighted by Crippen LogP contribution is 2.20. The van der Waals surface area contributed by atoms with E-state index in [0.29, 0.717) is 12.2 Å². The average molecular weight is 234 g/mol. The maximum absolute atomic E-state index is 11.3. The normalized spacial score (nSPS) is 9.82. The molecular formula is C14H18O3. The van der Waals surface area contributed by atoms with Gasteiger partial charge in [-0.2, -0.15) is 0 Å². The predicted octanol–water partition coefficient (Wildman–Crippen LogP) is 2.80. The first-order valence-electron chi connectivity index (χ1n) is 5.60. The van der Waals surface area contributed by atoms with Crippen molar-refractivity contribution < 1.29 is 14.3 Å². The summed E-state index contributed by atoms with van der Waals surface area (Å²) in [5, 5.41) is 0. The van der Waals surface area contributed by atoms with Crippen LogP contribution in [0, 0.1) is 13.8 Å². The predicted molar refractivity (Wildman–Crippen MR) is 67.2 cm³/mol. The van der Waals surface area contributed by atoms with Crippen LogP contribution >= 0.6 is 0 Å². The summed E-state index contributed by atoms with van der Waals surface area (Å²) >= 11 is 0. The van der Waals surface area contributed by atoms with Crippen LogP contribution in [0.2, 0.25) is 0 Å². The molecule has 0 bridgehead atoms. The summed E-state index contributed by atoms with van der Waals surface area (Å²) in [7, 11) is 0. The summed E-state index contributed by atoms with van der Waals surface area (Å²) in [5.41, 5.74) is 2.56. The largest absolute Gasteiger partial charge is 0.488 e. The van der Waals surface area contributed by atoms with E-state index in [-0.39, 0.29) is 6.61 Å². The van der Waals surface area contributed by atoms with Crippen molar-refractivity contribution in [3.63, 3.8) is 0 Å². The molecule has 0 amide bonds. The average Bonchev–Trinajstić information content (AvgIpc) is 2.31. The Labute approximate surface area is 102 Å². The second-order valence-electron chi connectivity index (χ2n) is 3.81. The van der Waals surface area contributed by atoms with Gasteiger partial charge in [-0.25, -0.2) is 4.79 Å². The number of aryl methyl sites for hydroxylation is 1. The van der Waals surface area contributed by atoms with Gasteiger partial charge in [-0.3, -0.25) is 0 Å². The van der Waals surface area contributed by atoms with E-state index in [1.54, 1.807) is 6.92 Å². The molecule has 0 heterocycles. The van der Waals surface area contributed by atoms with Gasteiger partial charge in [0.1, 0.15) is 12.4 Å². The number of carbonyl (C=O) groups excluding carboxylic acids is 1. The minimum Gasteiger partial charge on any atom is -0.488 e. The Bertz CT molecular complexity index is 421. The standard InChI is InChI=1S/C14H18O3/c1-5-16-14(15)11(3)9-17-13-8-6-7-10(2)12(13)4/h6-8H,3,5,9H2,1-2,4H3.